The van der Waals surface area contributed by atoms with E-state index in [1.54, 1.807) is 0 Å². The van der Waals surface area contributed by atoms with Gasteiger partial charge in [0.1, 0.15) is 0 Å². The smallest absolute Gasteiger partial charge is 0.00103 e. The van der Waals surface area contributed by atoms with E-state index in [-0.39, 0.29) is 0 Å². The van der Waals surface area contributed by atoms with Crippen molar-refractivity contribution in [2.24, 2.45) is 28.4 Å². The fraction of sp³-hybridized carbons (Fsp3) is 1.00. The number of nitrogens with two attached hydrogens (primary N) is 1. The van der Waals surface area contributed by atoms with Crippen molar-refractivity contribution in [2.45, 2.75) is 66.7 Å². The second-order valence-corrected chi connectivity index (χ2v) is 7.98. The third-order valence-corrected chi connectivity index (χ3v) is 5.24. The summed E-state index contributed by atoms with van der Waals surface area (Å²) in [6.07, 6.45) is 6.61. The molecule has 1 aliphatic rings. The zero-order valence-corrected chi connectivity index (χ0v) is 13.9. The van der Waals surface area contributed by atoms with Gasteiger partial charge in [0.25, 0.3) is 0 Å². The normalized spacial score (nSPS) is 19.7. The maximum Gasteiger partial charge on any atom is 0.00103 e. The largest absolute Gasteiger partial charge is 0.330 e. The molecule has 19 heavy (non-hydrogen) atoms. The minimum Gasteiger partial charge on any atom is -0.330 e. The zero-order valence-electron chi connectivity index (χ0n) is 13.9. The predicted molar refractivity (Wildman–Crippen MR) is 85.2 cm³/mol. The Bertz CT molecular complexity index is 248. The van der Waals surface area contributed by atoms with Gasteiger partial charge in [0.05, 0.1) is 0 Å². The summed E-state index contributed by atoms with van der Waals surface area (Å²) in [6, 6.07) is 0. The van der Waals surface area contributed by atoms with Crippen molar-refractivity contribution in [3.8, 4) is 0 Å². The third kappa shape index (κ3) is 5.43. The lowest BCUT2D eigenvalue weighted by molar-refractivity contribution is 0.209. The highest BCUT2D eigenvalue weighted by atomic mass is 14.9. The van der Waals surface area contributed by atoms with Gasteiger partial charge in [-0.25, -0.2) is 0 Å². The molecule has 0 radical (unpaired) electrons. The molecule has 0 bridgehead atoms. The van der Waals surface area contributed by atoms with Gasteiger partial charge in [-0.2, -0.15) is 0 Å². The Morgan fingerprint density at radius 2 is 1.79 bits per heavy atom. The summed E-state index contributed by atoms with van der Waals surface area (Å²) in [7, 11) is 0. The highest BCUT2D eigenvalue weighted by molar-refractivity contribution is 4.96. The van der Waals surface area contributed by atoms with E-state index in [2.05, 4.69) is 39.9 Å². The van der Waals surface area contributed by atoms with Crippen LogP contribution in [0.5, 0.6) is 0 Å². The molecular formula is C17H36N2. The molecule has 0 spiro atoms. The molecule has 2 nitrogen and oxygen atoms in total. The molecule has 2 heteroatoms. The van der Waals surface area contributed by atoms with Gasteiger partial charge in [0.15, 0.2) is 0 Å². The maximum atomic E-state index is 5.74. The van der Waals surface area contributed by atoms with E-state index in [4.69, 9.17) is 5.73 Å². The van der Waals surface area contributed by atoms with E-state index in [1.165, 1.54) is 45.2 Å². The van der Waals surface area contributed by atoms with Crippen molar-refractivity contribution in [1.82, 2.24) is 5.32 Å². The average molecular weight is 268 g/mol. The summed E-state index contributed by atoms with van der Waals surface area (Å²) in [6.45, 7) is 15.0. The molecule has 0 aromatic rings. The molecule has 0 heterocycles. The lowest BCUT2D eigenvalue weighted by Crippen LogP contribution is -2.29. The van der Waals surface area contributed by atoms with Gasteiger partial charge >= 0.3 is 0 Å². The Labute approximate surface area is 120 Å². The monoisotopic (exact) mass is 268 g/mol. The van der Waals surface area contributed by atoms with E-state index in [9.17, 15) is 0 Å². The third-order valence-electron chi connectivity index (χ3n) is 5.24. The summed E-state index contributed by atoms with van der Waals surface area (Å²) < 4.78 is 0. The Balaban J connectivity index is 2.15. The first-order valence-electron chi connectivity index (χ1n) is 8.22. The fourth-order valence-electron chi connectivity index (χ4n) is 3.14. The molecular weight excluding hydrogens is 232 g/mol. The van der Waals surface area contributed by atoms with Gasteiger partial charge in [-0.05, 0) is 67.9 Å². The maximum absolute atomic E-state index is 5.74. The molecule has 1 fully saturated rings. The number of rotatable bonds is 9. The fourth-order valence-corrected chi connectivity index (χ4v) is 3.14. The first-order valence-corrected chi connectivity index (χ1v) is 8.22. The van der Waals surface area contributed by atoms with Crippen LogP contribution in [0.3, 0.4) is 0 Å². The number of nitrogens with one attached hydrogen (secondary N) is 1. The summed E-state index contributed by atoms with van der Waals surface area (Å²) >= 11 is 0. The molecule has 0 amide bonds. The van der Waals surface area contributed by atoms with Gasteiger partial charge < -0.3 is 11.1 Å². The van der Waals surface area contributed by atoms with Gasteiger partial charge in [0, 0.05) is 6.54 Å². The molecule has 0 aromatic carbocycles. The highest BCUT2D eigenvalue weighted by Crippen LogP contribution is 2.51. The van der Waals surface area contributed by atoms with Gasteiger partial charge in [0.2, 0.25) is 0 Å². The summed E-state index contributed by atoms with van der Waals surface area (Å²) in [5.74, 6) is 1.60. The van der Waals surface area contributed by atoms with E-state index >= 15 is 0 Å². The first-order chi connectivity index (χ1) is 8.82. The van der Waals surface area contributed by atoms with Crippen LogP contribution in [0, 0.1) is 22.7 Å². The van der Waals surface area contributed by atoms with Crippen LogP contribution >= 0.6 is 0 Å². The minimum atomic E-state index is 0.398. The second kappa shape index (κ2) is 7.08. The topological polar surface area (TPSA) is 38.0 Å². The van der Waals surface area contributed by atoms with Gasteiger partial charge in [-0.1, -0.05) is 34.6 Å². The van der Waals surface area contributed by atoms with Crippen molar-refractivity contribution in [1.29, 1.82) is 0 Å². The molecule has 0 aromatic heterocycles. The molecule has 1 rings (SSSR count). The second-order valence-electron chi connectivity index (χ2n) is 7.98. The molecule has 0 aliphatic heterocycles. The van der Waals surface area contributed by atoms with Crippen molar-refractivity contribution in [3.63, 3.8) is 0 Å². The SMILES string of the molecule is CC(C)C1(CNCCCC(CCN)C(C)(C)C)CC1. The molecule has 1 saturated carbocycles. The summed E-state index contributed by atoms with van der Waals surface area (Å²) in [4.78, 5) is 0. The van der Waals surface area contributed by atoms with Crippen LogP contribution in [0.2, 0.25) is 0 Å². The quantitative estimate of drug-likeness (QED) is 0.624. The van der Waals surface area contributed by atoms with Crippen LogP contribution < -0.4 is 11.1 Å². The van der Waals surface area contributed by atoms with Crippen LogP contribution in [0.15, 0.2) is 0 Å². The van der Waals surface area contributed by atoms with Crippen molar-refractivity contribution >= 4 is 0 Å². The van der Waals surface area contributed by atoms with E-state index in [0.29, 0.717) is 10.8 Å². The Morgan fingerprint density at radius 1 is 1.16 bits per heavy atom. The Kier molecular flexibility index (Phi) is 6.32. The Morgan fingerprint density at radius 3 is 2.21 bits per heavy atom. The number of hydrogen-bond donors (Lipinski definition) is 2. The van der Waals surface area contributed by atoms with Gasteiger partial charge in [-0.15, -0.1) is 0 Å². The lowest BCUT2D eigenvalue weighted by Gasteiger charge is -2.30. The summed E-state index contributed by atoms with van der Waals surface area (Å²) in [5, 5.41) is 3.69. The zero-order chi connectivity index (χ0) is 14.5. The molecule has 1 unspecified atom stereocenters. The van der Waals surface area contributed by atoms with E-state index in [1.807, 2.05) is 0 Å². The highest BCUT2D eigenvalue weighted by Gasteiger charge is 2.44. The van der Waals surface area contributed by atoms with Crippen molar-refractivity contribution < 1.29 is 0 Å². The molecule has 1 atom stereocenters. The average Bonchev–Trinajstić information content (AvgIpc) is 3.07. The van der Waals surface area contributed by atoms with Crippen LogP contribution in [0.1, 0.15) is 66.7 Å². The van der Waals surface area contributed by atoms with E-state index in [0.717, 1.165) is 18.4 Å². The summed E-state index contributed by atoms with van der Waals surface area (Å²) in [5.41, 5.74) is 6.78. The lowest BCUT2D eigenvalue weighted by atomic mass is 9.76. The van der Waals surface area contributed by atoms with Gasteiger partial charge in [-0.3, -0.25) is 0 Å². The van der Waals surface area contributed by atoms with Crippen LogP contribution in [-0.4, -0.2) is 19.6 Å². The molecule has 1 aliphatic carbocycles. The van der Waals surface area contributed by atoms with Crippen molar-refractivity contribution in [2.75, 3.05) is 19.6 Å². The molecule has 114 valence electrons. The van der Waals surface area contributed by atoms with E-state index < -0.39 is 0 Å². The standard InChI is InChI=1S/C17H36N2/c1-14(2)17(9-10-17)13-19-12-6-7-15(8-11-18)16(3,4)5/h14-15,19H,6-13,18H2,1-5H3. The first kappa shape index (κ1) is 17.0. The predicted octanol–water partition coefficient (Wildman–Crippen LogP) is 3.80. The number of hydrogen-bond acceptors (Lipinski definition) is 2. The van der Waals surface area contributed by atoms with Crippen LogP contribution in [-0.2, 0) is 0 Å². The Hall–Kier alpha value is -0.0800. The molecule has 3 N–H and O–H groups in total. The van der Waals surface area contributed by atoms with Crippen molar-refractivity contribution in [3.05, 3.63) is 0 Å². The van der Waals surface area contributed by atoms with Crippen LogP contribution in [0.4, 0.5) is 0 Å². The minimum absolute atomic E-state index is 0.398. The molecule has 0 saturated heterocycles. The van der Waals surface area contributed by atoms with Crippen LogP contribution in [0.25, 0.3) is 0 Å².